The van der Waals surface area contributed by atoms with E-state index < -0.39 is 0 Å². The predicted molar refractivity (Wildman–Crippen MR) is 114 cm³/mol. The van der Waals surface area contributed by atoms with Gasteiger partial charge in [0.15, 0.2) is 0 Å². The van der Waals surface area contributed by atoms with Crippen LogP contribution in [0.3, 0.4) is 0 Å². The van der Waals surface area contributed by atoms with E-state index in [0.717, 1.165) is 61.3 Å². The summed E-state index contributed by atoms with van der Waals surface area (Å²) in [5.74, 6) is 0.377. The first-order valence-electron chi connectivity index (χ1n) is 10.7. The molecule has 9 heteroatoms. The molecule has 8 nitrogen and oxygen atoms in total. The number of hydrogen-bond acceptors (Lipinski definition) is 4. The van der Waals surface area contributed by atoms with Gasteiger partial charge in [-0.15, -0.1) is 0 Å². The van der Waals surface area contributed by atoms with Crippen molar-refractivity contribution >= 4 is 5.91 Å². The van der Waals surface area contributed by atoms with Gasteiger partial charge in [-0.2, -0.15) is 10.2 Å². The molecule has 0 unspecified atom stereocenters. The first kappa shape index (κ1) is 21.0. The molecule has 164 valence electrons. The second-order valence-electron chi connectivity index (χ2n) is 8.02. The summed E-state index contributed by atoms with van der Waals surface area (Å²) in [6.45, 7) is 1.21. The number of halogens is 1. The summed E-state index contributed by atoms with van der Waals surface area (Å²) in [4.78, 5) is 26.7. The van der Waals surface area contributed by atoms with E-state index in [0.29, 0.717) is 13.1 Å². The highest BCUT2D eigenvalue weighted by Crippen LogP contribution is 2.18. The smallest absolute Gasteiger partial charge is 0.344 e. The summed E-state index contributed by atoms with van der Waals surface area (Å²) in [5.41, 5.74) is 2.37. The zero-order valence-electron chi connectivity index (χ0n) is 17.7. The molecule has 1 N–H and O–H groups in total. The molecule has 0 atom stereocenters. The van der Waals surface area contributed by atoms with Crippen LogP contribution in [0.25, 0.3) is 11.3 Å². The molecule has 1 aliphatic rings. The Morgan fingerprint density at radius 3 is 2.84 bits per heavy atom. The molecule has 0 spiro atoms. The summed E-state index contributed by atoms with van der Waals surface area (Å²) in [5, 5.41) is 11.7. The number of benzene rings is 1. The standard InChI is InChI=1S/C22H27FN6O2/c1-27(21(30)15-29-22(31)28-13-4-2-3-7-20(28)26-29)12-5-6-18-14-19(25-24-18)16-8-10-17(23)11-9-16/h8-11,14H,2-7,12-13,15H2,1H3,(H,24,25). The fourth-order valence-electron chi connectivity index (χ4n) is 3.87. The van der Waals surface area contributed by atoms with Gasteiger partial charge < -0.3 is 4.90 Å². The maximum Gasteiger partial charge on any atom is 0.346 e. The summed E-state index contributed by atoms with van der Waals surface area (Å²) < 4.78 is 16.1. The van der Waals surface area contributed by atoms with Crippen LogP contribution in [0, 0.1) is 5.82 Å². The molecule has 0 saturated carbocycles. The van der Waals surface area contributed by atoms with Gasteiger partial charge in [0.05, 0.1) is 5.69 Å². The molecule has 4 rings (SSSR count). The number of carbonyl (C=O) groups is 1. The molecule has 1 aromatic carbocycles. The fourth-order valence-corrected chi connectivity index (χ4v) is 3.87. The van der Waals surface area contributed by atoms with Gasteiger partial charge in [-0.1, -0.05) is 6.42 Å². The van der Waals surface area contributed by atoms with Crippen molar-refractivity contribution < 1.29 is 9.18 Å². The maximum atomic E-state index is 13.1. The lowest BCUT2D eigenvalue weighted by molar-refractivity contribution is -0.130. The summed E-state index contributed by atoms with van der Waals surface area (Å²) >= 11 is 0. The minimum Gasteiger partial charge on any atom is -0.344 e. The Bertz CT molecular complexity index is 1100. The van der Waals surface area contributed by atoms with Crippen LogP contribution in [0.5, 0.6) is 0 Å². The molecule has 1 amide bonds. The molecule has 0 saturated heterocycles. The molecule has 31 heavy (non-hydrogen) atoms. The molecule has 0 aliphatic carbocycles. The predicted octanol–water partition coefficient (Wildman–Crippen LogP) is 2.39. The van der Waals surface area contributed by atoms with E-state index in [4.69, 9.17) is 0 Å². The number of hydrogen-bond donors (Lipinski definition) is 1. The van der Waals surface area contributed by atoms with E-state index in [9.17, 15) is 14.0 Å². The Morgan fingerprint density at radius 1 is 1.23 bits per heavy atom. The molecule has 3 heterocycles. The lowest BCUT2D eigenvalue weighted by Crippen LogP contribution is -2.35. The van der Waals surface area contributed by atoms with Gasteiger partial charge >= 0.3 is 5.69 Å². The average molecular weight is 426 g/mol. The highest BCUT2D eigenvalue weighted by Gasteiger charge is 2.18. The third kappa shape index (κ3) is 4.92. The number of aromatic nitrogens is 5. The number of H-pyrrole nitrogens is 1. The maximum absolute atomic E-state index is 13.1. The van der Waals surface area contributed by atoms with Gasteiger partial charge in [0, 0.05) is 37.8 Å². The van der Waals surface area contributed by atoms with Crippen LogP contribution in [-0.4, -0.2) is 48.9 Å². The lowest BCUT2D eigenvalue weighted by Gasteiger charge is -2.16. The first-order chi connectivity index (χ1) is 15.0. The second-order valence-corrected chi connectivity index (χ2v) is 8.02. The number of amides is 1. The number of fused-ring (bicyclic) bond motifs is 1. The average Bonchev–Trinajstić information content (AvgIpc) is 3.25. The third-order valence-electron chi connectivity index (χ3n) is 5.70. The number of likely N-dealkylation sites (N-methyl/N-ethyl adjacent to an activating group) is 1. The van der Waals surface area contributed by atoms with E-state index in [2.05, 4.69) is 15.3 Å². The van der Waals surface area contributed by atoms with Gasteiger partial charge in [0.25, 0.3) is 0 Å². The highest BCUT2D eigenvalue weighted by atomic mass is 19.1. The Balaban J connectivity index is 1.28. The molecule has 0 fully saturated rings. The van der Waals surface area contributed by atoms with Crippen molar-refractivity contribution in [2.24, 2.45) is 0 Å². The molecular formula is C22H27FN6O2. The Labute approximate surface area is 179 Å². The topological polar surface area (TPSA) is 88.8 Å². The van der Waals surface area contributed by atoms with Crippen LogP contribution in [0.1, 0.15) is 37.2 Å². The quantitative estimate of drug-likeness (QED) is 0.628. The Morgan fingerprint density at radius 2 is 2.03 bits per heavy atom. The van der Waals surface area contributed by atoms with Crippen LogP contribution < -0.4 is 5.69 Å². The first-order valence-corrected chi connectivity index (χ1v) is 10.7. The minimum atomic E-state index is -0.277. The normalized spacial score (nSPS) is 13.6. The van der Waals surface area contributed by atoms with E-state index in [1.54, 1.807) is 28.6 Å². The van der Waals surface area contributed by atoms with Crippen LogP contribution in [-0.2, 0) is 30.7 Å². The van der Waals surface area contributed by atoms with Crippen LogP contribution in [0.4, 0.5) is 4.39 Å². The Kier molecular flexibility index (Phi) is 6.29. The van der Waals surface area contributed by atoms with E-state index >= 15 is 0 Å². The van der Waals surface area contributed by atoms with Crippen LogP contribution >= 0.6 is 0 Å². The van der Waals surface area contributed by atoms with Crippen LogP contribution in [0.15, 0.2) is 35.1 Å². The molecular weight excluding hydrogens is 399 g/mol. The number of nitrogens with one attached hydrogen (secondary N) is 1. The largest absolute Gasteiger partial charge is 0.346 e. The van der Waals surface area contributed by atoms with Crippen molar-refractivity contribution in [2.75, 3.05) is 13.6 Å². The van der Waals surface area contributed by atoms with Crippen molar-refractivity contribution in [3.63, 3.8) is 0 Å². The lowest BCUT2D eigenvalue weighted by atomic mass is 10.1. The van der Waals surface area contributed by atoms with Crippen molar-refractivity contribution in [3.8, 4) is 11.3 Å². The van der Waals surface area contributed by atoms with E-state index in [1.165, 1.54) is 16.8 Å². The SMILES string of the molecule is CN(CCCc1cc(-c2ccc(F)cc2)n[nH]1)C(=O)Cn1nc2n(c1=O)CCCCC2. The second kappa shape index (κ2) is 9.28. The zero-order valence-corrected chi connectivity index (χ0v) is 17.7. The van der Waals surface area contributed by atoms with Crippen molar-refractivity contribution in [1.29, 1.82) is 0 Å². The van der Waals surface area contributed by atoms with Crippen molar-refractivity contribution in [3.05, 3.63) is 58.2 Å². The molecule has 3 aromatic rings. The summed E-state index contributed by atoms with van der Waals surface area (Å²) in [6, 6.07) is 8.15. The van der Waals surface area contributed by atoms with Crippen molar-refractivity contribution in [1.82, 2.24) is 29.4 Å². The number of rotatable bonds is 7. The Hall–Kier alpha value is -3.23. The van der Waals surface area contributed by atoms with Gasteiger partial charge in [0.2, 0.25) is 5.91 Å². The van der Waals surface area contributed by atoms with Gasteiger partial charge in [-0.25, -0.2) is 13.9 Å². The van der Waals surface area contributed by atoms with Gasteiger partial charge in [-0.05, 0) is 56.0 Å². The third-order valence-corrected chi connectivity index (χ3v) is 5.70. The zero-order chi connectivity index (χ0) is 21.8. The number of aromatic amines is 1. The number of carbonyl (C=O) groups excluding carboxylic acids is 1. The molecule has 2 aromatic heterocycles. The minimum absolute atomic E-state index is 0.0336. The monoisotopic (exact) mass is 426 g/mol. The van der Waals surface area contributed by atoms with Crippen molar-refractivity contribution in [2.45, 2.75) is 51.6 Å². The van der Waals surface area contributed by atoms with E-state index in [-0.39, 0.29) is 24.0 Å². The number of nitrogens with zero attached hydrogens (tertiary/aromatic N) is 5. The summed E-state index contributed by atoms with van der Waals surface area (Å²) in [6.07, 6.45) is 5.37. The molecule has 1 aliphatic heterocycles. The molecule has 0 bridgehead atoms. The fraction of sp³-hybridized carbons (Fsp3) is 0.455. The van der Waals surface area contributed by atoms with Crippen LogP contribution in [0.2, 0.25) is 0 Å². The van der Waals surface area contributed by atoms with E-state index in [1.807, 2.05) is 6.07 Å². The summed E-state index contributed by atoms with van der Waals surface area (Å²) in [7, 11) is 1.74. The number of aryl methyl sites for hydroxylation is 2. The van der Waals surface area contributed by atoms with Gasteiger partial charge in [-0.3, -0.25) is 14.5 Å². The molecule has 0 radical (unpaired) electrons. The highest BCUT2D eigenvalue weighted by molar-refractivity contribution is 5.75. The van der Waals surface area contributed by atoms with Gasteiger partial charge in [0.1, 0.15) is 18.2 Å².